The Hall–Kier alpha value is -3.22. The molecule has 0 saturated carbocycles. The van der Waals surface area contributed by atoms with E-state index in [0.717, 1.165) is 17.1 Å². The number of piperazine rings is 1. The van der Waals surface area contributed by atoms with E-state index in [4.69, 9.17) is 14.5 Å². The number of urea groups is 1. The number of methoxy groups -OCH3 is 1. The minimum absolute atomic E-state index is 0.0132. The summed E-state index contributed by atoms with van der Waals surface area (Å²) >= 11 is 0. The van der Waals surface area contributed by atoms with Crippen LogP contribution in [0.5, 0.6) is 17.2 Å². The fraction of sp³-hybridized carbons (Fsp3) is 0.333. The van der Waals surface area contributed by atoms with E-state index in [-0.39, 0.29) is 6.03 Å². The van der Waals surface area contributed by atoms with Crippen molar-refractivity contribution in [2.45, 2.75) is 6.92 Å². The predicted octanol–water partition coefficient (Wildman–Crippen LogP) is 3.23. The lowest BCUT2D eigenvalue weighted by Gasteiger charge is -2.36. The summed E-state index contributed by atoms with van der Waals surface area (Å²) in [5, 5.41) is 2.87. The summed E-state index contributed by atoms with van der Waals surface area (Å²) in [6.07, 6.45) is 0. The monoisotopic (exact) mass is 380 g/mol. The van der Waals surface area contributed by atoms with E-state index in [9.17, 15) is 4.79 Å². The highest BCUT2D eigenvalue weighted by molar-refractivity contribution is 6.04. The van der Waals surface area contributed by atoms with E-state index >= 15 is 0 Å². The molecular formula is C21H24N4O3. The minimum Gasteiger partial charge on any atom is -0.493 e. The number of nitrogens with one attached hydrogen (secondary N) is 1. The molecule has 2 aromatic carbocycles. The quantitative estimate of drug-likeness (QED) is 0.869. The Morgan fingerprint density at radius 3 is 2.68 bits per heavy atom. The smallest absolute Gasteiger partial charge is 0.317 e. The molecule has 1 N–H and O–H groups in total. The van der Waals surface area contributed by atoms with Crippen LogP contribution in [-0.2, 0) is 0 Å². The molecule has 0 spiro atoms. The lowest BCUT2D eigenvalue weighted by atomic mass is 10.1. The first-order valence-electron chi connectivity index (χ1n) is 9.52. The number of ether oxygens (including phenoxy) is 2. The number of hydrogen-bond acceptors (Lipinski definition) is 5. The maximum absolute atomic E-state index is 12.1. The van der Waals surface area contributed by atoms with Gasteiger partial charge in [0.05, 0.1) is 12.7 Å². The molecule has 0 radical (unpaired) electrons. The second-order valence-electron chi connectivity index (χ2n) is 6.65. The molecule has 4 rings (SSSR count). The zero-order valence-electron chi connectivity index (χ0n) is 16.1. The molecule has 0 aromatic heterocycles. The number of hydrogen-bond donors (Lipinski definition) is 1. The fourth-order valence-corrected chi connectivity index (χ4v) is 3.50. The molecule has 1 fully saturated rings. The van der Waals surface area contributed by atoms with Gasteiger partial charge in [0.1, 0.15) is 11.5 Å². The first kappa shape index (κ1) is 18.2. The zero-order chi connectivity index (χ0) is 19.5. The Balaban J connectivity index is 1.68. The van der Waals surface area contributed by atoms with E-state index in [1.54, 1.807) is 7.11 Å². The van der Waals surface area contributed by atoms with Crippen LogP contribution in [0.1, 0.15) is 12.5 Å². The van der Waals surface area contributed by atoms with Crippen LogP contribution in [0.25, 0.3) is 0 Å². The number of fused-ring (bicyclic) bond motifs is 2. The Bertz CT molecular complexity index is 904. The van der Waals surface area contributed by atoms with Crippen molar-refractivity contribution < 1.29 is 14.3 Å². The molecule has 0 bridgehead atoms. The lowest BCUT2D eigenvalue weighted by molar-refractivity contribution is 0.170. The van der Waals surface area contributed by atoms with Crippen LogP contribution in [0.4, 0.5) is 10.5 Å². The van der Waals surface area contributed by atoms with Gasteiger partial charge >= 0.3 is 6.03 Å². The Labute approximate surface area is 164 Å². The molecule has 0 unspecified atom stereocenters. The highest BCUT2D eigenvalue weighted by atomic mass is 16.5. The van der Waals surface area contributed by atoms with Crippen LogP contribution in [0.15, 0.2) is 47.5 Å². The Morgan fingerprint density at radius 1 is 1.14 bits per heavy atom. The van der Waals surface area contributed by atoms with Crippen LogP contribution in [0.3, 0.4) is 0 Å². The molecule has 2 aromatic rings. The first-order chi connectivity index (χ1) is 13.7. The standard InChI is InChI=1S/C21H24N4O3/c1-3-22-21(26)25-13-11-24(12-14-25)20-15-7-6-10-18(27-2)19(15)28-17-9-5-4-8-16(17)23-20/h4-10H,3,11-14H2,1-2H3,(H,22,26). The van der Waals surface area contributed by atoms with E-state index in [1.165, 1.54) is 0 Å². The summed E-state index contributed by atoms with van der Waals surface area (Å²) < 4.78 is 11.7. The number of benzene rings is 2. The average Bonchev–Trinajstić information content (AvgIpc) is 2.90. The molecule has 0 aliphatic carbocycles. The third-order valence-electron chi connectivity index (χ3n) is 4.94. The number of amidine groups is 1. The van der Waals surface area contributed by atoms with E-state index < -0.39 is 0 Å². The summed E-state index contributed by atoms with van der Waals surface area (Å²) in [5.41, 5.74) is 1.67. The number of rotatable bonds is 2. The van der Waals surface area contributed by atoms with Crippen molar-refractivity contribution in [3.8, 4) is 17.2 Å². The average molecular weight is 380 g/mol. The van der Waals surface area contributed by atoms with Gasteiger partial charge in [-0.2, -0.15) is 0 Å². The van der Waals surface area contributed by atoms with Crippen molar-refractivity contribution in [3.05, 3.63) is 48.0 Å². The highest BCUT2D eigenvalue weighted by Gasteiger charge is 2.28. The molecule has 7 heteroatoms. The number of aliphatic imine (C=N–C) groups is 1. The van der Waals surface area contributed by atoms with Crippen LogP contribution >= 0.6 is 0 Å². The molecule has 1 saturated heterocycles. The molecule has 28 heavy (non-hydrogen) atoms. The number of nitrogens with zero attached hydrogens (tertiary/aromatic N) is 3. The van der Waals surface area contributed by atoms with Crippen molar-refractivity contribution in [1.82, 2.24) is 15.1 Å². The third-order valence-corrected chi connectivity index (χ3v) is 4.94. The van der Waals surface area contributed by atoms with E-state index in [1.807, 2.05) is 54.3 Å². The summed E-state index contributed by atoms with van der Waals surface area (Å²) in [7, 11) is 1.64. The summed E-state index contributed by atoms with van der Waals surface area (Å²) in [6.45, 7) is 5.26. The van der Waals surface area contributed by atoms with E-state index in [0.29, 0.717) is 50.0 Å². The summed E-state index contributed by atoms with van der Waals surface area (Å²) in [4.78, 5) is 21.1. The SMILES string of the molecule is CCNC(=O)N1CCN(C2=Nc3ccccc3Oc3c(OC)cccc32)CC1. The fourth-order valence-electron chi connectivity index (χ4n) is 3.50. The number of para-hydroxylation sites is 3. The normalized spacial score (nSPS) is 15.6. The van der Waals surface area contributed by atoms with Crippen molar-refractivity contribution >= 4 is 17.6 Å². The van der Waals surface area contributed by atoms with Crippen LogP contribution < -0.4 is 14.8 Å². The third kappa shape index (κ3) is 3.35. The number of carbonyl (C=O) groups excluding carboxylic acids is 1. The van der Waals surface area contributed by atoms with Gasteiger partial charge in [0.15, 0.2) is 17.2 Å². The molecule has 2 heterocycles. The topological polar surface area (TPSA) is 66.4 Å². The van der Waals surface area contributed by atoms with Gasteiger partial charge in [-0.25, -0.2) is 9.79 Å². The molecule has 0 atom stereocenters. The molecule has 2 amide bonds. The van der Waals surface area contributed by atoms with Gasteiger partial charge in [0.2, 0.25) is 0 Å². The summed E-state index contributed by atoms with van der Waals surface area (Å²) in [5.74, 6) is 2.88. The zero-order valence-corrected chi connectivity index (χ0v) is 16.1. The second-order valence-corrected chi connectivity index (χ2v) is 6.65. The van der Waals surface area contributed by atoms with Gasteiger partial charge in [0.25, 0.3) is 0 Å². The van der Waals surface area contributed by atoms with Crippen LogP contribution in [0.2, 0.25) is 0 Å². The molecular weight excluding hydrogens is 356 g/mol. The second kappa shape index (κ2) is 7.80. The molecule has 7 nitrogen and oxygen atoms in total. The van der Waals surface area contributed by atoms with Gasteiger partial charge in [-0.1, -0.05) is 18.2 Å². The van der Waals surface area contributed by atoms with Gasteiger partial charge < -0.3 is 24.6 Å². The van der Waals surface area contributed by atoms with Crippen molar-refractivity contribution in [2.24, 2.45) is 4.99 Å². The summed E-state index contributed by atoms with van der Waals surface area (Å²) in [6, 6.07) is 13.5. The maximum Gasteiger partial charge on any atom is 0.317 e. The van der Waals surface area contributed by atoms with Crippen LogP contribution in [-0.4, -0.2) is 61.5 Å². The minimum atomic E-state index is -0.0132. The highest BCUT2D eigenvalue weighted by Crippen LogP contribution is 2.42. The van der Waals surface area contributed by atoms with Crippen molar-refractivity contribution in [3.63, 3.8) is 0 Å². The number of amides is 2. The van der Waals surface area contributed by atoms with Gasteiger partial charge in [-0.3, -0.25) is 0 Å². The number of carbonyl (C=O) groups is 1. The van der Waals surface area contributed by atoms with Crippen LogP contribution in [0, 0.1) is 0 Å². The van der Waals surface area contributed by atoms with Gasteiger partial charge in [-0.15, -0.1) is 0 Å². The molecule has 2 aliphatic rings. The van der Waals surface area contributed by atoms with E-state index in [2.05, 4.69) is 10.2 Å². The first-order valence-corrected chi connectivity index (χ1v) is 9.52. The van der Waals surface area contributed by atoms with Gasteiger partial charge in [0, 0.05) is 32.7 Å². The van der Waals surface area contributed by atoms with Crippen molar-refractivity contribution in [1.29, 1.82) is 0 Å². The van der Waals surface area contributed by atoms with Crippen molar-refractivity contribution in [2.75, 3.05) is 39.8 Å². The predicted molar refractivity (Wildman–Crippen MR) is 108 cm³/mol. The molecule has 2 aliphatic heterocycles. The molecule has 146 valence electrons. The Morgan fingerprint density at radius 2 is 1.93 bits per heavy atom. The van der Waals surface area contributed by atoms with Gasteiger partial charge in [-0.05, 0) is 31.2 Å². The lowest BCUT2D eigenvalue weighted by Crippen LogP contribution is -2.53. The Kier molecular flexibility index (Phi) is 5.06. The maximum atomic E-state index is 12.1. The largest absolute Gasteiger partial charge is 0.493 e.